The highest BCUT2D eigenvalue weighted by molar-refractivity contribution is 9.10. The predicted octanol–water partition coefficient (Wildman–Crippen LogP) is 4.34. The van der Waals surface area contributed by atoms with Gasteiger partial charge in [0.15, 0.2) is 5.78 Å². The molecule has 0 saturated carbocycles. The van der Waals surface area contributed by atoms with Crippen LogP contribution in [0.4, 0.5) is 0 Å². The summed E-state index contributed by atoms with van der Waals surface area (Å²) >= 11 is 6.73. The SMILES string of the molecule is Cc1ccc(Br)c(C(=O)Cc2ccc(Br)cn2)c1. The van der Waals surface area contributed by atoms with Crippen molar-refractivity contribution >= 4 is 37.6 Å². The molecule has 1 aromatic heterocycles. The molecule has 0 bridgehead atoms. The third-order valence-corrected chi connectivity index (χ3v) is 3.71. The van der Waals surface area contributed by atoms with Gasteiger partial charge in [-0.1, -0.05) is 27.6 Å². The van der Waals surface area contributed by atoms with Crippen LogP contribution in [0, 0.1) is 6.92 Å². The van der Waals surface area contributed by atoms with Crippen LogP contribution >= 0.6 is 31.9 Å². The lowest BCUT2D eigenvalue weighted by atomic mass is 10.0. The van der Waals surface area contributed by atoms with Crippen LogP contribution in [0.2, 0.25) is 0 Å². The Morgan fingerprint density at radius 1 is 1.22 bits per heavy atom. The molecule has 2 rings (SSSR count). The molecule has 1 aromatic carbocycles. The van der Waals surface area contributed by atoms with Gasteiger partial charge in [0.1, 0.15) is 0 Å². The van der Waals surface area contributed by atoms with Crippen LogP contribution in [0.1, 0.15) is 21.6 Å². The van der Waals surface area contributed by atoms with Crippen molar-refractivity contribution in [1.82, 2.24) is 4.98 Å². The Morgan fingerprint density at radius 2 is 2.00 bits per heavy atom. The summed E-state index contributed by atoms with van der Waals surface area (Å²) in [6, 6.07) is 9.51. The highest BCUT2D eigenvalue weighted by atomic mass is 79.9. The minimum Gasteiger partial charge on any atom is -0.294 e. The molecule has 0 N–H and O–H groups in total. The number of rotatable bonds is 3. The van der Waals surface area contributed by atoms with Crippen molar-refractivity contribution in [3.8, 4) is 0 Å². The third-order valence-electron chi connectivity index (χ3n) is 2.55. The number of pyridine rings is 1. The van der Waals surface area contributed by atoms with Crippen LogP contribution in [0.3, 0.4) is 0 Å². The number of nitrogens with zero attached hydrogens (tertiary/aromatic N) is 1. The molecule has 2 nitrogen and oxygen atoms in total. The van der Waals surface area contributed by atoms with E-state index in [4.69, 9.17) is 0 Å². The van der Waals surface area contributed by atoms with Crippen LogP contribution in [-0.4, -0.2) is 10.8 Å². The van der Waals surface area contributed by atoms with E-state index in [1.165, 1.54) is 0 Å². The van der Waals surface area contributed by atoms with Crippen LogP contribution in [0.5, 0.6) is 0 Å². The summed E-state index contributed by atoms with van der Waals surface area (Å²) in [4.78, 5) is 16.4. The van der Waals surface area contributed by atoms with E-state index in [-0.39, 0.29) is 5.78 Å². The zero-order chi connectivity index (χ0) is 13.1. The summed E-state index contributed by atoms with van der Waals surface area (Å²) in [7, 11) is 0. The van der Waals surface area contributed by atoms with Gasteiger partial charge >= 0.3 is 0 Å². The lowest BCUT2D eigenvalue weighted by Crippen LogP contribution is -2.06. The first-order valence-corrected chi connectivity index (χ1v) is 7.04. The smallest absolute Gasteiger partial charge is 0.169 e. The number of Topliss-reactive ketones (excluding diaryl/α,β-unsaturated/α-hetero) is 1. The van der Waals surface area contributed by atoms with Crippen molar-refractivity contribution in [2.45, 2.75) is 13.3 Å². The van der Waals surface area contributed by atoms with Crippen molar-refractivity contribution in [3.63, 3.8) is 0 Å². The van der Waals surface area contributed by atoms with E-state index in [1.807, 2.05) is 37.3 Å². The molecule has 0 spiro atoms. The maximum atomic E-state index is 12.2. The number of benzene rings is 1. The van der Waals surface area contributed by atoms with E-state index in [2.05, 4.69) is 36.8 Å². The van der Waals surface area contributed by atoms with Crippen molar-refractivity contribution < 1.29 is 4.79 Å². The second-order valence-corrected chi connectivity index (χ2v) is 5.82. The highest BCUT2D eigenvalue weighted by Gasteiger charge is 2.11. The van der Waals surface area contributed by atoms with E-state index < -0.39 is 0 Å². The summed E-state index contributed by atoms with van der Waals surface area (Å²) in [5, 5.41) is 0. The number of carbonyl (C=O) groups is 1. The second kappa shape index (κ2) is 5.76. The monoisotopic (exact) mass is 367 g/mol. The van der Waals surface area contributed by atoms with Gasteiger partial charge in [0.2, 0.25) is 0 Å². The van der Waals surface area contributed by atoms with Gasteiger partial charge in [0.25, 0.3) is 0 Å². The number of hydrogen-bond acceptors (Lipinski definition) is 2. The molecule has 0 aliphatic heterocycles. The Labute approximate surface area is 123 Å². The molecule has 0 amide bonds. The third kappa shape index (κ3) is 3.27. The molecule has 0 saturated heterocycles. The van der Waals surface area contributed by atoms with Gasteiger partial charge in [-0.15, -0.1) is 0 Å². The van der Waals surface area contributed by atoms with E-state index in [1.54, 1.807) is 6.20 Å². The van der Waals surface area contributed by atoms with E-state index >= 15 is 0 Å². The van der Waals surface area contributed by atoms with Gasteiger partial charge in [-0.3, -0.25) is 9.78 Å². The summed E-state index contributed by atoms with van der Waals surface area (Å²) in [6.45, 7) is 1.97. The van der Waals surface area contributed by atoms with E-state index in [0.717, 1.165) is 20.2 Å². The number of halogens is 2. The maximum Gasteiger partial charge on any atom is 0.169 e. The zero-order valence-electron chi connectivity index (χ0n) is 9.78. The Bertz CT molecular complexity index is 579. The Hall–Kier alpha value is -1.00. The molecule has 4 heteroatoms. The van der Waals surface area contributed by atoms with Crippen molar-refractivity contribution in [3.05, 3.63) is 62.3 Å². The topological polar surface area (TPSA) is 30.0 Å². The van der Waals surface area contributed by atoms with Crippen LogP contribution < -0.4 is 0 Å². The largest absolute Gasteiger partial charge is 0.294 e. The molecule has 18 heavy (non-hydrogen) atoms. The molecular formula is C14H11Br2NO. The van der Waals surface area contributed by atoms with E-state index in [0.29, 0.717) is 12.0 Å². The fourth-order valence-corrected chi connectivity index (χ4v) is 2.33. The Morgan fingerprint density at radius 3 is 2.67 bits per heavy atom. The summed E-state index contributed by atoms with van der Waals surface area (Å²) in [6.07, 6.45) is 2.02. The predicted molar refractivity (Wildman–Crippen MR) is 78.9 cm³/mol. The molecule has 1 heterocycles. The standard InChI is InChI=1S/C14H11Br2NO/c1-9-2-5-13(16)12(6-9)14(18)7-11-4-3-10(15)8-17-11/h2-6,8H,7H2,1H3. The average molecular weight is 369 g/mol. The molecule has 0 aliphatic rings. The number of aryl methyl sites for hydroxylation is 1. The quantitative estimate of drug-likeness (QED) is 0.754. The lowest BCUT2D eigenvalue weighted by molar-refractivity contribution is 0.0991. The first kappa shape index (κ1) is 13.4. The van der Waals surface area contributed by atoms with Crippen molar-refractivity contribution in [2.75, 3.05) is 0 Å². The summed E-state index contributed by atoms with van der Waals surface area (Å²) in [5.41, 5.74) is 2.56. The molecule has 0 fully saturated rings. The van der Waals surface area contributed by atoms with Gasteiger partial charge in [-0.2, -0.15) is 0 Å². The lowest BCUT2D eigenvalue weighted by Gasteiger charge is -2.05. The summed E-state index contributed by atoms with van der Waals surface area (Å²) in [5.74, 6) is 0.0698. The van der Waals surface area contributed by atoms with Gasteiger partial charge in [0.05, 0.1) is 6.42 Å². The summed E-state index contributed by atoms with van der Waals surface area (Å²) < 4.78 is 1.74. The fraction of sp³-hybridized carbons (Fsp3) is 0.143. The molecule has 0 atom stereocenters. The first-order valence-electron chi connectivity index (χ1n) is 5.46. The minimum atomic E-state index is 0.0698. The van der Waals surface area contributed by atoms with Crippen LogP contribution in [0.25, 0.3) is 0 Å². The zero-order valence-corrected chi connectivity index (χ0v) is 13.0. The van der Waals surface area contributed by atoms with Gasteiger partial charge in [-0.05, 0) is 47.1 Å². The van der Waals surface area contributed by atoms with Crippen LogP contribution in [-0.2, 0) is 6.42 Å². The number of carbonyl (C=O) groups excluding carboxylic acids is 1. The maximum absolute atomic E-state index is 12.2. The van der Waals surface area contributed by atoms with E-state index in [9.17, 15) is 4.79 Å². The van der Waals surface area contributed by atoms with Gasteiger partial charge in [-0.25, -0.2) is 0 Å². The normalized spacial score (nSPS) is 10.4. The molecular weight excluding hydrogens is 358 g/mol. The van der Waals surface area contributed by atoms with Crippen LogP contribution in [0.15, 0.2) is 45.5 Å². The average Bonchev–Trinajstić information content (AvgIpc) is 2.35. The number of ketones is 1. The number of aromatic nitrogens is 1. The fourth-order valence-electron chi connectivity index (χ4n) is 1.62. The Balaban J connectivity index is 2.21. The Kier molecular flexibility index (Phi) is 4.30. The van der Waals surface area contributed by atoms with Gasteiger partial charge < -0.3 is 0 Å². The molecule has 0 radical (unpaired) electrons. The minimum absolute atomic E-state index is 0.0698. The molecule has 2 aromatic rings. The van der Waals surface area contributed by atoms with Crippen molar-refractivity contribution in [2.24, 2.45) is 0 Å². The number of hydrogen-bond donors (Lipinski definition) is 0. The first-order chi connectivity index (χ1) is 8.56. The second-order valence-electron chi connectivity index (χ2n) is 4.05. The molecule has 0 unspecified atom stereocenters. The molecule has 92 valence electrons. The highest BCUT2D eigenvalue weighted by Crippen LogP contribution is 2.20. The van der Waals surface area contributed by atoms with Gasteiger partial charge in [0, 0.05) is 26.4 Å². The molecule has 0 aliphatic carbocycles. The van der Waals surface area contributed by atoms with Crippen molar-refractivity contribution in [1.29, 1.82) is 0 Å².